The summed E-state index contributed by atoms with van der Waals surface area (Å²) in [7, 11) is 1.91. The van der Waals surface area contributed by atoms with E-state index in [-0.39, 0.29) is 0 Å². The summed E-state index contributed by atoms with van der Waals surface area (Å²) in [5.41, 5.74) is 9.87. The van der Waals surface area contributed by atoms with E-state index in [9.17, 15) is 0 Å². The molecular formula is C11H17N5. The van der Waals surface area contributed by atoms with Gasteiger partial charge in [0.2, 0.25) is 0 Å². The van der Waals surface area contributed by atoms with Crippen LogP contribution in [-0.4, -0.2) is 19.6 Å². The molecule has 0 radical (unpaired) electrons. The summed E-state index contributed by atoms with van der Waals surface area (Å²) >= 11 is 0. The van der Waals surface area contributed by atoms with Crippen LogP contribution >= 0.6 is 0 Å². The van der Waals surface area contributed by atoms with Gasteiger partial charge in [-0.3, -0.25) is 4.68 Å². The fourth-order valence-electron chi connectivity index (χ4n) is 2.04. The molecule has 0 bridgehead atoms. The maximum atomic E-state index is 5.76. The molecule has 2 heterocycles. The van der Waals surface area contributed by atoms with Gasteiger partial charge >= 0.3 is 0 Å². The lowest BCUT2D eigenvalue weighted by Gasteiger charge is -2.07. The summed E-state index contributed by atoms with van der Waals surface area (Å²) in [6.45, 7) is 6.46. The molecule has 5 heteroatoms. The zero-order chi connectivity index (χ0) is 11.9. The van der Waals surface area contributed by atoms with Gasteiger partial charge < -0.3 is 5.73 Å². The largest absolute Gasteiger partial charge is 0.326 e. The molecule has 0 unspecified atom stereocenters. The van der Waals surface area contributed by atoms with E-state index < -0.39 is 0 Å². The molecule has 0 aliphatic carbocycles. The third kappa shape index (κ3) is 1.53. The lowest BCUT2D eigenvalue weighted by Crippen LogP contribution is -2.10. The van der Waals surface area contributed by atoms with Crippen LogP contribution in [0.4, 0.5) is 0 Å². The van der Waals surface area contributed by atoms with Gasteiger partial charge in [0.15, 0.2) is 5.82 Å². The van der Waals surface area contributed by atoms with Crippen LogP contribution in [0.5, 0.6) is 0 Å². The van der Waals surface area contributed by atoms with Gasteiger partial charge in [-0.1, -0.05) is 0 Å². The van der Waals surface area contributed by atoms with Crippen molar-refractivity contribution in [1.82, 2.24) is 19.6 Å². The van der Waals surface area contributed by atoms with Crippen molar-refractivity contribution in [3.05, 3.63) is 28.7 Å². The Bertz CT molecular complexity index is 521. The Balaban J connectivity index is 2.68. The number of hydrogen-bond donors (Lipinski definition) is 1. The SMILES string of the molecule is Cc1cc(C)n(-c2c(CN)c(C)nn2C)n1. The number of aryl methyl sites for hydroxylation is 4. The first-order valence-corrected chi connectivity index (χ1v) is 5.30. The van der Waals surface area contributed by atoms with Crippen LogP contribution < -0.4 is 5.73 Å². The summed E-state index contributed by atoms with van der Waals surface area (Å²) in [5, 5.41) is 8.85. The predicted octanol–water partition coefficient (Wildman–Crippen LogP) is 0.990. The Morgan fingerprint density at radius 1 is 1.25 bits per heavy atom. The van der Waals surface area contributed by atoms with E-state index in [1.165, 1.54) is 0 Å². The van der Waals surface area contributed by atoms with E-state index in [0.29, 0.717) is 6.54 Å². The fraction of sp³-hybridized carbons (Fsp3) is 0.455. The minimum absolute atomic E-state index is 0.480. The second kappa shape index (κ2) is 3.75. The fourth-order valence-corrected chi connectivity index (χ4v) is 2.04. The average molecular weight is 219 g/mol. The predicted molar refractivity (Wildman–Crippen MR) is 62.4 cm³/mol. The molecule has 2 rings (SSSR count). The Morgan fingerprint density at radius 2 is 1.94 bits per heavy atom. The van der Waals surface area contributed by atoms with Crippen molar-refractivity contribution in [2.45, 2.75) is 27.3 Å². The van der Waals surface area contributed by atoms with Crippen molar-refractivity contribution in [3.8, 4) is 5.82 Å². The molecule has 0 fully saturated rings. The van der Waals surface area contributed by atoms with Crippen LogP contribution in [0.1, 0.15) is 22.6 Å². The van der Waals surface area contributed by atoms with Crippen LogP contribution in [0.2, 0.25) is 0 Å². The third-order valence-corrected chi connectivity index (χ3v) is 2.73. The molecule has 2 aromatic rings. The van der Waals surface area contributed by atoms with Crippen molar-refractivity contribution in [3.63, 3.8) is 0 Å². The Labute approximate surface area is 94.9 Å². The van der Waals surface area contributed by atoms with E-state index in [4.69, 9.17) is 5.73 Å². The zero-order valence-electron chi connectivity index (χ0n) is 10.2. The molecule has 2 aromatic heterocycles. The van der Waals surface area contributed by atoms with Gasteiger partial charge in [-0.25, -0.2) is 4.68 Å². The van der Waals surface area contributed by atoms with Gasteiger partial charge in [-0.2, -0.15) is 10.2 Å². The average Bonchev–Trinajstić information content (AvgIpc) is 2.66. The summed E-state index contributed by atoms with van der Waals surface area (Å²) < 4.78 is 3.73. The molecule has 0 aliphatic heterocycles. The number of hydrogen-bond acceptors (Lipinski definition) is 3. The minimum atomic E-state index is 0.480. The van der Waals surface area contributed by atoms with Crippen molar-refractivity contribution in [2.24, 2.45) is 12.8 Å². The molecule has 0 amide bonds. The van der Waals surface area contributed by atoms with Crippen molar-refractivity contribution < 1.29 is 0 Å². The first-order valence-electron chi connectivity index (χ1n) is 5.30. The van der Waals surface area contributed by atoms with E-state index >= 15 is 0 Å². The number of aromatic nitrogens is 4. The van der Waals surface area contributed by atoms with E-state index in [0.717, 1.165) is 28.5 Å². The smallest absolute Gasteiger partial charge is 0.156 e. The van der Waals surface area contributed by atoms with E-state index in [2.05, 4.69) is 10.2 Å². The summed E-state index contributed by atoms with van der Waals surface area (Å²) in [6.07, 6.45) is 0. The van der Waals surface area contributed by atoms with E-state index in [1.54, 1.807) is 0 Å². The standard InChI is InChI=1S/C11H17N5/c1-7-5-8(2)16(13-7)11-10(6-12)9(3)14-15(11)4/h5H,6,12H2,1-4H3. The highest BCUT2D eigenvalue weighted by molar-refractivity contribution is 5.38. The topological polar surface area (TPSA) is 61.7 Å². The van der Waals surface area contributed by atoms with Crippen molar-refractivity contribution >= 4 is 0 Å². The Kier molecular flexibility index (Phi) is 2.55. The van der Waals surface area contributed by atoms with Crippen LogP contribution in [-0.2, 0) is 13.6 Å². The first-order chi connectivity index (χ1) is 7.54. The van der Waals surface area contributed by atoms with Gasteiger partial charge in [0.05, 0.1) is 11.4 Å². The Morgan fingerprint density at radius 3 is 2.44 bits per heavy atom. The first kappa shape index (κ1) is 10.9. The third-order valence-electron chi connectivity index (χ3n) is 2.73. The maximum absolute atomic E-state index is 5.76. The van der Waals surface area contributed by atoms with Gasteiger partial charge in [0.25, 0.3) is 0 Å². The molecule has 0 spiro atoms. The van der Waals surface area contributed by atoms with Crippen LogP contribution in [0.25, 0.3) is 5.82 Å². The van der Waals surface area contributed by atoms with Crippen molar-refractivity contribution in [1.29, 1.82) is 0 Å². The molecule has 0 saturated heterocycles. The van der Waals surface area contributed by atoms with Crippen molar-refractivity contribution in [2.75, 3.05) is 0 Å². The lowest BCUT2D eigenvalue weighted by atomic mass is 10.2. The number of nitrogens with two attached hydrogens (primary N) is 1. The molecule has 86 valence electrons. The minimum Gasteiger partial charge on any atom is -0.326 e. The number of rotatable bonds is 2. The van der Waals surface area contributed by atoms with Crippen LogP contribution in [0.3, 0.4) is 0 Å². The molecule has 0 aliphatic rings. The van der Waals surface area contributed by atoms with Gasteiger partial charge in [-0.05, 0) is 26.8 Å². The highest BCUT2D eigenvalue weighted by atomic mass is 15.4. The Hall–Kier alpha value is -1.62. The summed E-state index contributed by atoms with van der Waals surface area (Å²) in [6, 6.07) is 2.04. The zero-order valence-corrected chi connectivity index (χ0v) is 10.2. The number of nitrogens with zero attached hydrogens (tertiary/aromatic N) is 4. The highest BCUT2D eigenvalue weighted by Gasteiger charge is 2.15. The highest BCUT2D eigenvalue weighted by Crippen LogP contribution is 2.18. The molecule has 0 atom stereocenters. The lowest BCUT2D eigenvalue weighted by molar-refractivity contribution is 0.679. The molecular weight excluding hydrogens is 202 g/mol. The molecule has 0 aromatic carbocycles. The molecule has 5 nitrogen and oxygen atoms in total. The summed E-state index contributed by atoms with van der Waals surface area (Å²) in [5.74, 6) is 0.964. The maximum Gasteiger partial charge on any atom is 0.156 e. The molecule has 2 N–H and O–H groups in total. The van der Waals surface area contributed by atoms with Crippen LogP contribution in [0.15, 0.2) is 6.07 Å². The van der Waals surface area contributed by atoms with Gasteiger partial charge in [0.1, 0.15) is 0 Å². The second-order valence-electron chi connectivity index (χ2n) is 4.05. The summed E-state index contributed by atoms with van der Waals surface area (Å²) in [4.78, 5) is 0. The quantitative estimate of drug-likeness (QED) is 0.819. The monoisotopic (exact) mass is 219 g/mol. The van der Waals surface area contributed by atoms with Gasteiger partial charge in [0, 0.05) is 24.8 Å². The van der Waals surface area contributed by atoms with Gasteiger partial charge in [-0.15, -0.1) is 0 Å². The van der Waals surface area contributed by atoms with E-state index in [1.807, 2.05) is 43.2 Å². The normalized spacial score (nSPS) is 11.1. The molecule has 0 saturated carbocycles. The molecule has 16 heavy (non-hydrogen) atoms. The van der Waals surface area contributed by atoms with Crippen LogP contribution in [0, 0.1) is 20.8 Å². The second-order valence-corrected chi connectivity index (χ2v) is 4.05.